The summed E-state index contributed by atoms with van der Waals surface area (Å²) >= 11 is 5.80. The van der Waals surface area contributed by atoms with Crippen LogP contribution in [0.4, 0.5) is 5.69 Å². The Morgan fingerprint density at radius 2 is 1.73 bits per heavy atom. The number of amides is 1. The molecule has 7 nitrogen and oxygen atoms in total. The van der Waals surface area contributed by atoms with Gasteiger partial charge in [0, 0.05) is 17.3 Å². The summed E-state index contributed by atoms with van der Waals surface area (Å²) in [5, 5.41) is 3.07. The highest BCUT2D eigenvalue weighted by molar-refractivity contribution is 7.89. The topological polar surface area (TPSA) is 102 Å². The normalized spacial score (nSPS) is 12.3. The fourth-order valence-corrected chi connectivity index (χ4v) is 4.25. The van der Waals surface area contributed by atoms with Crippen LogP contribution in [0.5, 0.6) is 0 Å². The molecule has 0 fully saturated rings. The van der Waals surface area contributed by atoms with Crippen LogP contribution >= 0.6 is 11.6 Å². The molecule has 2 rings (SSSR count). The Morgan fingerprint density at radius 3 is 2.33 bits per heavy atom. The molecule has 0 aromatic heterocycles. The third-order valence-electron chi connectivity index (χ3n) is 4.33. The third kappa shape index (κ3) is 6.55. The molecule has 1 atom stereocenters. The summed E-state index contributed by atoms with van der Waals surface area (Å²) in [5.41, 5.74) is 3.59. The number of carbonyl (C=O) groups excluding carboxylic acids is 2. The van der Waals surface area contributed by atoms with Gasteiger partial charge in [-0.05, 0) is 57.0 Å². The highest BCUT2D eigenvalue weighted by Crippen LogP contribution is 2.22. The SMILES string of the molecule is Cc1cc(C)c(NC(=O)C(C)OC(=O)CCNS(=O)(=O)c2cccc(Cl)c2)c(C)c1. The van der Waals surface area contributed by atoms with Gasteiger partial charge in [0.1, 0.15) is 0 Å². The first-order valence-corrected chi connectivity index (χ1v) is 11.2. The van der Waals surface area contributed by atoms with E-state index < -0.39 is 28.0 Å². The molecule has 0 radical (unpaired) electrons. The Morgan fingerprint density at radius 1 is 1.10 bits per heavy atom. The summed E-state index contributed by atoms with van der Waals surface area (Å²) < 4.78 is 31.8. The van der Waals surface area contributed by atoms with Crippen LogP contribution < -0.4 is 10.0 Å². The van der Waals surface area contributed by atoms with E-state index in [1.54, 1.807) is 6.07 Å². The third-order valence-corrected chi connectivity index (χ3v) is 6.02. The van der Waals surface area contributed by atoms with E-state index in [-0.39, 0.29) is 22.9 Å². The fraction of sp³-hybridized carbons (Fsp3) is 0.333. The van der Waals surface area contributed by atoms with Crippen LogP contribution in [0.15, 0.2) is 41.3 Å². The van der Waals surface area contributed by atoms with Crippen LogP contribution in [0.3, 0.4) is 0 Å². The van der Waals surface area contributed by atoms with E-state index in [2.05, 4.69) is 10.0 Å². The Kier molecular flexibility index (Phi) is 8.00. The molecule has 9 heteroatoms. The van der Waals surface area contributed by atoms with E-state index >= 15 is 0 Å². The lowest BCUT2D eigenvalue weighted by atomic mass is 10.0. The van der Waals surface area contributed by atoms with Gasteiger partial charge in [-0.1, -0.05) is 35.4 Å². The molecule has 1 unspecified atom stereocenters. The van der Waals surface area contributed by atoms with Crippen molar-refractivity contribution in [2.24, 2.45) is 0 Å². The van der Waals surface area contributed by atoms with Crippen LogP contribution in [-0.4, -0.2) is 32.9 Å². The summed E-state index contributed by atoms with van der Waals surface area (Å²) in [5.74, 6) is -1.15. The number of rotatable bonds is 8. The Labute approximate surface area is 181 Å². The number of benzene rings is 2. The predicted octanol–water partition coefficient (Wildman–Crippen LogP) is 3.50. The van der Waals surface area contributed by atoms with Gasteiger partial charge in [0.15, 0.2) is 6.10 Å². The predicted molar refractivity (Wildman–Crippen MR) is 116 cm³/mol. The first-order chi connectivity index (χ1) is 14.0. The molecule has 0 saturated heterocycles. The van der Waals surface area contributed by atoms with Gasteiger partial charge in [-0.15, -0.1) is 0 Å². The number of nitrogens with one attached hydrogen (secondary N) is 2. The van der Waals surface area contributed by atoms with E-state index in [1.165, 1.54) is 25.1 Å². The van der Waals surface area contributed by atoms with Crippen molar-refractivity contribution in [3.8, 4) is 0 Å². The van der Waals surface area contributed by atoms with Gasteiger partial charge >= 0.3 is 5.97 Å². The molecule has 0 bridgehead atoms. The van der Waals surface area contributed by atoms with Crippen LogP contribution in [-0.2, 0) is 24.3 Å². The van der Waals surface area contributed by atoms with Gasteiger partial charge in [-0.3, -0.25) is 9.59 Å². The number of anilines is 1. The quantitative estimate of drug-likeness (QED) is 0.597. The number of ether oxygens (including phenoxy) is 1. The maximum atomic E-state index is 12.4. The summed E-state index contributed by atoms with van der Waals surface area (Å²) in [6, 6.07) is 9.68. The van der Waals surface area contributed by atoms with Crippen molar-refractivity contribution in [2.75, 3.05) is 11.9 Å². The molecular weight excluding hydrogens is 428 g/mol. The Hall–Kier alpha value is -2.42. The summed E-state index contributed by atoms with van der Waals surface area (Å²) in [6.07, 6.45) is -1.25. The zero-order chi connectivity index (χ0) is 22.5. The number of esters is 1. The van der Waals surface area contributed by atoms with Crippen molar-refractivity contribution in [2.45, 2.75) is 45.1 Å². The van der Waals surface area contributed by atoms with Crippen LogP contribution in [0.1, 0.15) is 30.0 Å². The maximum absolute atomic E-state index is 12.4. The largest absolute Gasteiger partial charge is 0.452 e. The Bertz CT molecular complexity index is 1030. The molecule has 2 N–H and O–H groups in total. The van der Waals surface area contributed by atoms with E-state index in [4.69, 9.17) is 16.3 Å². The van der Waals surface area contributed by atoms with Crippen LogP contribution in [0, 0.1) is 20.8 Å². The van der Waals surface area contributed by atoms with Crippen molar-refractivity contribution in [1.82, 2.24) is 4.72 Å². The summed E-state index contributed by atoms with van der Waals surface area (Å²) in [7, 11) is -3.80. The van der Waals surface area contributed by atoms with Gasteiger partial charge in [0.25, 0.3) is 5.91 Å². The zero-order valence-corrected chi connectivity index (χ0v) is 18.9. The van der Waals surface area contributed by atoms with Gasteiger partial charge in [0.05, 0.1) is 11.3 Å². The van der Waals surface area contributed by atoms with Gasteiger partial charge in [-0.2, -0.15) is 0 Å². The highest BCUT2D eigenvalue weighted by Gasteiger charge is 2.20. The van der Waals surface area contributed by atoms with Crippen LogP contribution in [0.2, 0.25) is 5.02 Å². The second kappa shape index (κ2) is 10.1. The molecule has 162 valence electrons. The number of hydrogen-bond acceptors (Lipinski definition) is 5. The van der Waals surface area contributed by atoms with Crippen molar-refractivity contribution >= 4 is 39.2 Å². The number of aryl methyl sites for hydroxylation is 3. The number of halogens is 1. The summed E-state index contributed by atoms with van der Waals surface area (Å²) in [6.45, 7) is 7.04. The van der Waals surface area contributed by atoms with Crippen molar-refractivity contribution in [1.29, 1.82) is 0 Å². The smallest absolute Gasteiger partial charge is 0.307 e. The molecular formula is C21H25ClN2O5S. The first-order valence-electron chi connectivity index (χ1n) is 9.33. The first kappa shape index (κ1) is 23.9. The average molecular weight is 453 g/mol. The van der Waals surface area contributed by atoms with Crippen LogP contribution in [0.25, 0.3) is 0 Å². The minimum atomic E-state index is -3.80. The van der Waals surface area contributed by atoms with Gasteiger partial charge < -0.3 is 10.1 Å². The molecule has 0 spiro atoms. The molecule has 2 aromatic rings. The molecule has 0 saturated carbocycles. The minimum Gasteiger partial charge on any atom is -0.452 e. The minimum absolute atomic E-state index is 0.0000457. The van der Waals surface area contributed by atoms with E-state index in [0.717, 1.165) is 16.7 Å². The van der Waals surface area contributed by atoms with Crippen molar-refractivity contribution in [3.05, 3.63) is 58.1 Å². The molecule has 1 amide bonds. The molecule has 0 aliphatic carbocycles. The molecule has 30 heavy (non-hydrogen) atoms. The highest BCUT2D eigenvalue weighted by atomic mass is 35.5. The number of hydrogen-bond donors (Lipinski definition) is 2. The second-order valence-electron chi connectivity index (χ2n) is 7.00. The average Bonchev–Trinajstić information content (AvgIpc) is 2.64. The van der Waals surface area contributed by atoms with Gasteiger partial charge in [0.2, 0.25) is 10.0 Å². The standard InChI is InChI=1S/C21H25ClN2O5S/c1-13-10-14(2)20(15(3)11-13)24-21(26)16(4)29-19(25)8-9-23-30(27,28)18-7-5-6-17(22)12-18/h5-7,10-12,16,23H,8-9H2,1-4H3,(H,24,26). The Balaban J connectivity index is 1.86. The molecule has 2 aromatic carbocycles. The lowest BCUT2D eigenvalue weighted by Gasteiger charge is -2.17. The second-order valence-corrected chi connectivity index (χ2v) is 9.20. The monoisotopic (exact) mass is 452 g/mol. The number of carbonyl (C=O) groups is 2. The fourth-order valence-electron chi connectivity index (χ4n) is 2.92. The van der Waals surface area contributed by atoms with Crippen molar-refractivity contribution in [3.63, 3.8) is 0 Å². The molecule has 0 aliphatic rings. The lowest BCUT2D eigenvalue weighted by Crippen LogP contribution is -2.32. The zero-order valence-electron chi connectivity index (χ0n) is 17.3. The van der Waals surface area contributed by atoms with Crippen molar-refractivity contribution < 1.29 is 22.7 Å². The maximum Gasteiger partial charge on any atom is 0.307 e. The van der Waals surface area contributed by atoms with Gasteiger partial charge in [-0.25, -0.2) is 13.1 Å². The summed E-state index contributed by atoms with van der Waals surface area (Å²) in [4.78, 5) is 24.4. The number of sulfonamides is 1. The van der Waals surface area contributed by atoms with E-state index in [9.17, 15) is 18.0 Å². The molecule has 0 heterocycles. The molecule has 0 aliphatic heterocycles. The van der Waals surface area contributed by atoms with E-state index in [1.807, 2.05) is 32.9 Å². The van der Waals surface area contributed by atoms with E-state index in [0.29, 0.717) is 5.69 Å². The lowest BCUT2D eigenvalue weighted by molar-refractivity contribution is -0.152.